The van der Waals surface area contributed by atoms with Gasteiger partial charge >= 0.3 is 14.0 Å². The van der Waals surface area contributed by atoms with E-state index in [1.807, 2.05) is 6.92 Å². The summed E-state index contributed by atoms with van der Waals surface area (Å²) in [5.74, 6) is -3.94. The number of carbonyl (C=O) groups is 3. The lowest BCUT2D eigenvalue weighted by Crippen LogP contribution is -2.52. The number of ether oxygens (including phenoxy) is 3. The van der Waals surface area contributed by atoms with Gasteiger partial charge in [0.1, 0.15) is 29.6 Å². The van der Waals surface area contributed by atoms with Crippen molar-refractivity contribution in [3.8, 4) is 11.5 Å². The first kappa shape index (κ1) is 36.5. The van der Waals surface area contributed by atoms with Gasteiger partial charge < -0.3 is 38.4 Å². The number of aromatic nitrogens is 1. The van der Waals surface area contributed by atoms with Crippen LogP contribution in [0.1, 0.15) is 71.1 Å². The topological polar surface area (TPSA) is 205 Å². The summed E-state index contributed by atoms with van der Waals surface area (Å²) in [6.07, 6.45) is 1.44. The second-order valence-corrected chi connectivity index (χ2v) is 13.7. The molecule has 3 aliphatic heterocycles. The Bertz CT molecular complexity index is 2050. The van der Waals surface area contributed by atoms with E-state index in [0.29, 0.717) is 36.6 Å². The van der Waals surface area contributed by atoms with Gasteiger partial charge in [-0.2, -0.15) is 0 Å². The van der Waals surface area contributed by atoms with Gasteiger partial charge in [0, 0.05) is 43.4 Å². The van der Waals surface area contributed by atoms with Gasteiger partial charge in [-0.1, -0.05) is 23.4 Å². The molecule has 1 spiro atoms. The normalized spacial score (nSPS) is 20.7. The van der Waals surface area contributed by atoms with Crippen LogP contribution < -0.4 is 20.0 Å². The molecule has 4 heterocycles. The quantitative estimate of drug-likeness (QED) is 0.153. The fraction of sp³-hybridized carbons (Fsp3) is 0.364. The lowest BCUT2D eigenvalue weighted by atomic mass is 9.84. The first-order valence-corrected chi connectivity index (χ1v) is 17.5. The number of amides is 2. The zero-order valence-corrected chi connectivity index (χ0v) is 28.6. The Morgan fingerprint density at radius 3 is 2.56 bits per heavy atom. The van der Waals surface area contributed by atoms with E-state index in [2.05, 4.69) is 15.0 Å². The molecule has 1 saturated heterocycles. The Hall–Kier alpha value is -5.32. The number of rotatable bonds is 10. The Kier molecular flexibility index (Phi) is 10.1. The second kappa shape index (κ2) is 14.4. The van der Waals surface area contributed by atoms with Crippen molar-refractivity contribution in [1.29, 1.82) is 0 Å². The van der Waals surface area contributed by atoms with Gasteiger partial charge in [-0.05, 0) is 50.5 Å². The van der Waals surface area contributed by atoms with Gasteiger partial charge in [0.2, 0.25) is 18.0 Å². The molecule has 0 radical (unpaired) electrons. The SMILES string of the molecule is CC1=NO[C@@]2(CC[C@H](C)N3C[C@H]2n2cc(C(=O)NCc4ccc(F)cc4F)c(=O)c(OCOC(=O)OCc4ccc(OP(=O)(O)O)cc4)c2C3=O)C1. The van der Waals surface area contributed by atoms with E-state index in [4.69, 9.17) is 28.8 Å². The van der Waals surface area contributed by atoms with Crippen LogP contribution in [0, 0.1) is 11.6 Å². The molecule has 1 aromatic heterocycles. The average molecular weight is 747 g/mol. The second-order valence-electron chi connectivity index (χ2n) is 12.6. The van der Waals surface area contributed by atoms with Crippen molar-refractivity contribution in [3.63, 3.8) is 0 Å². The molecule has 3 aromatic rings. The lowest BCUT2D eigenvalue weighted by Gasteiger charge is -2.42. The van der Waals surface area contributed by atoms with Gasteiger partial charge in [0.25, 0.3) is 11.8 Å². The predicted octanol–water partition coefficient (Wildman–Crippen LogP) is 3.93. The molecule has 19 heteroatoms. The van der Waals surface area contributed by atoms with E-state index < -0.39 is 79.1 Å². The summed E-state index contributed by atoms with van der Waals surface area (Å²) in [5.41, 5.74) is -1.56. The van der Waals surface area contributed by atoms with Crippen LogP contribution in [-0.2, 0) is 32.0 Å². The van der Waals surface area contributed by atoms with Crippen LogP contribution in [-0.4, -0.2) is 67.9 Å². The first-order chi connectivity index (χ1) is 24.6. The number of phosphoric acid groups is 1. The third kappa shape index (κ3) is 7.63. The maximum atomic E-state index is 14.3. The molecule has 2 amide bonds. The van der Waals surface area contributed by atoms with E-state index in [0.717, 1.165) is 12.1 Å². The number of carbonyl (C=O) groups excluding carboxylic acids is 3. The summed E-state index contributed by atoms with van der Waals surface area (Å²) in [5, 5.41) is 6.63. The Morgan fingerprint density at radius 1 is 1.13 bits per heavy atom. The van der Waals surface area contributed by atoms with Gasteiger partial charge in [-0.25, -0.2) is 18.1 Å². The van der Waals surface area contributed by atoms with Crippen LogP contribution in [0.2, 0.25) is 0 Å². The van der Waals surface area contributed by atoms with Crippen molar-refractivity contribution in [1.82, 2.24) is 14.8 Å². The fourth-order valence-corrected chi connectivity index (χ4v) is 6.84. The van der Waals surface area contributed by atoms with Crippen molar-refractivity contribution in [2.75, 3.05) is 13.3 Å². The van der Waals surface area contributed by atoms with Crippen LogP contribution >= 0.6 is 7.82 Å². The maximum Gasteiger partial charge on any atom is 0.524 e. The minimum atomic E-state index is -4.76. The third-order valence-electron chi connectivity index (χ3n) is 9.01. The number of phosphoric ester groups is 1. The molecule has 16 nitrogen and oxygen atoms in total. The highest BCUT2D eigenvalue weighted by atomic mass is 31.2. The molecule has 1 fully saturated rings. The van der Waals surface area contributed by atoms with E-state index >= 15 is 0 Å². The summed E-state index contributed by atoms with van der Waals surface area (Å²) in [4.78, 5) is 79.3. The Balaban J connectivity index is 1.26. The van der Waals surface area contributed by atoms with Gasteiger partial charge in [0.05, 0.1) is 11.8 Å². The summed E-state index contributed by atoms with van der Waals surface area (Å²) in [6.45, 7) is 2.18. The van der Waals surface area contributed by atoms with Gasteiger partial charge in [-0.15, -0.1) is 0 Å². The third-order valence-corrected chi connectivity index (χ3v) is 9.46. The number of pyridine rings is 1. The first-order valence-electron chi connectivity index (χ1n) is 15.9. The van der Waals surface area contributed by atoms with E-state index in [1.54, 1.807) is 11.8 Å². The molecule has 2 bridgehead atoms. The number of benzene rings is 2. The van der Waals surface area contributed by atoms with Crippen molar-refractivity contribution in [3.05, 3.63) is 92.9 Å². The average Bonchev–Trinajstić information content (AvgIpc) is 3.42. The zero-order chi connectivity index (χ0) is 37.4. The molecule has 276 valence electrons. The molecule has 0 saturated carbocycles. The van der Waals surface area contributed by atoms with Crippen molar-refractivity contribution in [2.24, 2.45) is 5.16 Å². The molecule has 2 aromatic carbocycles. The summed E-state index contributed by atoms with van der Waals surface area (Å²) < 4.78 is 60.4. The molecule has 3 atom stereocenters. The van der Waals surface area contributed by atoms with Crippen LogP contribution in [0.4, 0.5) is 13.6 Å². The predicted molar refractivity (Wildman–Crippen MR) is 174 cm³/mol. The Labute approximate surface area is 294 Å². The molecule has 52 heavy (non-hydrogen) atoms. The maximum absolute atomic E-state index is 14.3. The van der Waals surface area contributed by atoms with Gasteiger partial charge in [-0.3, -0.25) is 24.2 Å². The van der Waals surface area contributed by atoms with Crippen LogP contribution in [0.5, 0.6) is 11.5 Å². The smallest absolute Gasteiger partial charge is 0.451 e. The highest BCUT2D eigenvalue weighted by Gasteiger charge is 2.54. The number of nitrogens with zero attached hydrogens (tertiary/aromatic N) is 3. The molecule has 6 rings (SSSR count). The highest BCUT2D eigenvalue weighted by molar-refractivity contribution is 7.46. The molecule has 0 unspecified atom stereocenters. The minimum absolute atomic E-state index is 0.0453. The lowest BCUT2D eigenvalue weighted by molar-refractivity contribution is -0.0658. The van der Waals surface area contributed by atoms with Crippen LogP contribution in [0.3, 0.4) is 0 Å². The van der Waals surface area contributed by atoms with Crippen molar-refractivity contribution < 1.29 is 61.1 Å². The molecule has 3 aliphatic rings. The summed E-state index contributed by atoms with van der Waals surface area (Å²) in [7, 11) is -4.76. The minimum Gasteiger partial charge on any atom is -0.451 e. The number of hydrogen-bond donors (Lipinski definition) is 3. The van der Waals surface area contributed by atoms with Crippen LogP contribution in [0.25, 0.3) is 0 Å². The largest absolute Gasteiger partial charge is 0.524 e. The van der Waals surface area contributed by atoms with Crippen molar-refractivity contribution in [2.45, 2.75) is 63.9 Å². The summed E-state index contributed by atoms with van der Waals surface area (Å²) in [6, 6.07) is 7.19. The summed E-state index contributed by atoms with van der Waals surface area (Å²) >= 11 is 0. The standard InChI is InChI=1S/C33H33F2N4O12P/c1-18-12-33(51-37-18)10-9-19(2)38-15-26(33)39-14-24(30(41)36-13-21-5-6-22(34)11-25(21)35)28(40)29(27(39)31(38)42)48-17-49-32(43)47-16-20-3-7-23(8-4-20)50-52(44,45)46/h3-8,11,14,19,26H,9-10,12-13,15-17H2,1-2H3,(H,36,41)(H2,44,45,46)/t19-,26+,33-/m0/s1. The van der Waals surface area contributed by atoms with E-state index in [-0.39, 0.29) is 36.2 Å². The molecular weight excluding hydrogens is 713 g/mol. The number of fused-ring (bicyclic) bond motifs is 5. The number of oxime groups is 1. The monoisotopic (exact) mass is 746 g/mol. The molecular formula is C33H33F2N4O12P. The highest BCUT2D eigenvalue weighted by Crippen LogP contribution is 2.46. The Morgan fingerprint density at radius 2 is 1.88 bits per heavy atom. The van der Waals surface area contributed by atoms with E-state index in [1.165, 1.54) is 35.0 Å². The molecule has 0 aliphatic carbocycles. The van der Waals surface area contributed by atoms with Gasteiger partial charge in [0.15, 0.2) is 11.3 Å². The number of halogens is 2. The number of nitrogens with one attached hydrogen (secondary N) is 1. The van der Waals surface area contributed by atoms with E-state index in [9.17, 15) is 32.5 Å². The van der Waals surface area contributed by atoms with Crippen LogP contribution in [0.15, 0.2) is 58.6 Å². The van der Waals surface area contributed by atoms with Crippen molar-refractivity contribution >= 4 is 31.5 Å². The zero-order valence-electron chi connectivity index (χ0n) is 27.7. The molecule has 3 N–H and O–H groups in total. The number of hydrogen-bond acceptors (Lipinski definition) is 11. The fourth-order valence-electron chi connectivity index (χ4n) is 6.45.